The number of nitrogens with two attached hydrogens (primary N) is 2. The highest BCUT2D eigenvalue weighted by Gasteiger charge is 2.36. The number of fused-ring (bicyclic) bond motifs is 1. The topological polar surface area (TPSA) is 70.5 Å². The molecule has 0 radical (unpaired) electrons. The Hall–Kier alpha value is -4.74. The van der Waals surface area contributed by atoms with Crippen molar-refractivity contribution in [2.24, 2.45) is 11.5 Å². The number of alkyl halides is 6. The van der Waals surface area contributed by atoms with E-state index in [1.54, 1.807) is 6.07 Å². The van der Waals surface area contributed by atoms with E-state index >= 15 is 0 Å². The van der Waals surface area contributed by atoms with Crippen LogP contribution in [0.2, 0.25) is 0 Å². The Balaban J connectivity index is 2.03. The summed E-state index contributed by atoms with van der Waals surface area (Å²) in [6.45, 7) is 1.01. The van der Waals surface area contributed by atoms with Gasteiger partial charge in [0.15, 0.2) is 0 Å². The van der Waals surface area contributed by atoms with Crippen LogP contribution in [0.15, 0.2) is 90.0 Å². The Kier molecular flexibility index (Phi) is 7.87. The standard InChI is InChI=1S/C29H20F8N2O2/c1-15(40-28(32,33)34)10-23-20(9-8-16-4-2-6-18(30)11-16)22-13-21(17-5-3-7-19(31)12-17)25(41-29(35,36)37)14-24(22)26(23)27(38)39/h2-14H,38-39H2,1H3/b9-8+,15-10+. The van der Waals surface area contributed by atoms with Crippen molar-refractivity contribution in [2.75, 3.05) is 0 Å². The van der Waals surface area contributed by atoms with Gasteiger partial charge in [-0.2, -0.15) is 0 Å². The Morgan fingerprint density at radius 1 is 0.732 bits per heavy atom. The van der Waals surface area contributed by atoms with Crippen molar-refractivity contribution in [3.8, 4) is 16.9 Å². The van der Waals surface area contributed by atoms with Crippen LogP contribution in [-0.4, -0.2) is 12.7 Å². The molecule has 3 aromatic rings. The van der Waals surface area contributed by atoms with Crippen LogP contribution in [0.4, 0.5) is 35.1 Å². The normalized spacial score (nSPS) is 14.1. The number of rotatable bonds is 6. The summed E-state index contributed by atoms with van der Waals surface area (Å²) >= 11 is 0. The molecule has 214 valence electrons. The zero-order valence-corrected chi connectivity index (χ0v) is 21.0. The first-order chi connectivity index (χ1) is 19.1. The summed E-state index contributed by atoms with van der Waals surface area (Å²) in [6, 6.07) is 12.3. The summed E-state index contributed by atoms with van der Waals surface area (Å²) < 4.78 is 115. The van der Waals surface area contributed by atoms with E-state index < -0.39 is 41.7 Å². The van der Waals surface area contributed by atoms with Crippen LogP contribution in [0.3, 0.4) is 0 Å². The average Bonchev–Trinajstić information content (AvgIpc) is 3.11. The van der Waals surface area contributed by atoms with Crippen molar-refractivity contribution < 1.29 is 44.6 Å². The largest absolute Gasteiger partial charge is 0.573 e. The minimum Gasteiger partial charge on any atom is -0.411 e. The molecule has 0 amide bonds. The van der Waals surface area contributed by atoms with Gasteiger partial charge in [0.1, 0.15) is 29.0 Å². The molecule has 0 aromatic heterocycles. The molecule has 4 N–H and O–H groups in total. The molecule has 0 aliphatic heterocycles. The van der Waals surface area contributed by atoms with Gasteiger partial charge in [-0.05, 0) is 82.8 Å². The van der Waals surface area contributed by atoms with Crippen LogP contribution in [0.25, 0.3) is 28.3 Å². The van der Waals surface area contributed by atoms with Crippen molar-refractivity contribution in [1.82, 2.24) is 0 Å². The third-order valence-electron chi connectivity index (χ3n) is 5.80. The number of halogens is 8. The van der Waals surface area contributed by atoms with E-state index in [1.165, 1.54) is 48.6 Å². The monoisotopic (exact) mass is 580 g/mol. The van der Waals surface area contributed by atoms with E-state index in [0.29, 0.717) is 5.56 Å². The molecular formula is C29H20F8N2O2. The van der Waals surface area contributed by atoms with Crippen LogP contribution >= 0.6 is 0 Å². The Labute approximate surface area is 228 Å². The number of hydrogen-bond acceptors (Lipinski definition) is 4. The zero-order valence-electron chi connectivity index (χ0n) is 21.0. The highest BCUT2D eigenvalue weighted by Crippen LogP contribution is 2.49. The van der Waals surface area contributed by atoms with Gasteiger partial charge in [0, 0.05) is 11.1 Å². The van der Waals surface area contributed by atoms with E-state index in [2.05, 4.69) is 9.47 Å². The maximum absolute atomic E-state index is 14.1. The molecule has 0 atom stereocenters. The van der Waals surface area contributed by atoms with Crippen LogP contribution in [0.1, 0.15) is 23.6 Å². The molecule has 1 aliphatic carbocycles. The Morgan fingerprint density at radius 3 is 1.98 bits per heavy atom. The second-order valence-corrected chi connectivity index (χ2v) is 8.80. The number of hydrogen-bond donors (Lipinski definition) is 2. The molecule has 0 saturated carbocycles. The fraction of sp³-hybridized carbons (Fsp3) is 0.103. The zero-order chi connectivity index (χ0) is 30.1. The van der Waals surface area contributed by atoms with Crippen LogP contribution in [0.5, 0.6) is 5.75 Å². The highest BCUT2D eigenvalue weighted by molar-refractivity contribution is 6.07. The quantitative estimate of drug-likeness (QED) is 0.229. The van der Waals surface area contributed by atoms with Gasteiger partial charge >= 0.3 is 12.7 Å². The van der Waals surface area contributed by atoms with Crippen LogP contribution in [0, 0.1) is 11.6 Å². The van der Waals surface area contributed by atoms with E-state index in [-0.39, 0.29) is 39.0 Å². The molecule has 0 spiro atoms. The third-order valence-corrected chi connectivity index (χ3v) is 5.80. The SMILES string of the molecule is C/C(=C\C1=C(/C=C/c2cccc(F)c2)c2cc(-c3cccc(F)c3)c(OC(F)(F)F)cc2C1=C(N)N)OC(F)(F)F. The average molecular weight is 580 g/mol. The highest BCUT2D eigenvalue weighted by atomic mass is 19.4. The summed E-state index contributed by atoms with van der Waals surface area (Å²) in [5.74, 6) is -3.09. The molecule has 0 bridgehead atoms. The lowest BCUT2D eigenvalue weighted by molar-refractivity contribution is -0.305. The van der Waals surface area contributed by atoms with Gasteiger partial charge in [-0.1, -0.05) is 36.4 Å². The van der Waals surface area contributed by atoms with Gasteiger partial charge < -0.3 is 20.9 Å². The predicted molar refractivity (Wildman–Crippen MR) is 137 cm³/mol. The molecule has 3 aromatic carbocycles. The maximum atomic E-state index is 14.1. The molecule has 0 heterocycles. The second kappa shape index (κ2) is 11.0. The molecule has 0 fully saturated rings. The fourth-order valence-electron chi connectivity index (χ4n) is 4.37. The minimum absolute atomic E-state index is 0.00523. The molecule has 12 heteroatoms. The third kappa shape index (κ3) is 7.07. The smallest absolute Gasteiger partial charge is 0.411 e. The first-order valence-corrected chi connectivity index (χ1v) is 11.7. The molecule has 0 saturated heterocycles. The maximum Gasteiger partial charge on any atom is 0.573 e. The van der Waals surface area contributed by atoms with Crippen LogP contribution < -0.4 is 16.2 Å². The number of ether oxygens (including phenoxy) is 2. The van der Waals surface area contributed by atoms with E-state index in [4.69, 9.17) is 11.5 Å². The van der Waals surface area contributed by atoms with Crippen molar-refractivity contribution >= 4 is 17.2 Å². The lowest BCUT2D eigenvalue weighted by atomic mass is 9.95. The van der Waals surface area contributed by atoms with Crippen LogP contribution in [-0.2, 0) is 4.74 Å². The van der Waals surface area contributed by atoms with E-state index in [9.17, 15) is 35.1 Å². The van der Waals surface area contributed by atoms with Gasteiger partial charge in [-0.25, -0.2) is 8.78 Å². The fourth-order valence-corrected chi connectivity index (χ4v) is 4.37. The van der Waals surface area contributed by atoms with Crippen molar-refractivity contribution in [2.45, 2.75) is 19.6 Å². The van der Waals surface area contributed by atoms with Gasteiger partial charge in [0.05, 0.1) is 0 Å². The summed E-state index contributed by atoms with van der Waals surface area (Å²) in [7, 11) is 0. The predicted octanol–water partition coefficient (Wildman–Crippen LogP) is 8.04. The summed E-state index contributed by atoms with van der Waals surface area (Å²) in [5.41, 5.74) is 12.2. The van der Waals surface area contributed by atoms with E-state index in [0.717, 1.165) is 31.2 Å². The van der Waals surface area contributed by atoms with Crippen molar-refractivity contribution in [3.05, 3.63) is 118 Å². The second-order valence-electron chi connectivity index (χ2n) is 8.80. The van der Waals surface area contributed by atoms with Gasteiger partial charge in [0.25, 0.3) is 0 Å². The summed E-state index contributed by atoms with van der Waals surface area (Å²) in [5, 5.41) is 0. The van der Waals surface area contributed by atoms with Gasteiger partial charge in [-0.3, -0.25) is 0 Å². The molecular weight excluding hydrogens is 560 g/mol. The summed E-state index contributed by atoms with van der Waals surface area (Å²) in [6.07, 6.45) is -6.37. The minimum atomic E-state index is -5.15. The first kappa shape index (κ1) is 29.2. The number of benzene rings is 3. The summed E-state index contributed by atoms with van der Waals surface area (Å²) in [4.78, 5) is 0. The number of allylic oxidation sites excluding steroid dienone is 6. The van der Waals surface area contributed by atoms with Crippen molar-refractivity contribution in [1.29, 1.82) is 0 Å². The Bertz CT molecular complexity index is 1610. The molecule has 4 nitrogen and oxygen atoms in total. The molecule has 1 aliphatic rings. The first-order valence-electron chi connectivity index (χ1n) is 11.7. The van der Waals surface area contributed by atoms with Crippen molar-refractivity contribution in [3.63, 3.8) is 0 Å². The lowest BCUT2D eigenvalue weighted by Gasteiger charge is -2.17. The molecule has 0 unspecified atom stereocenters. The van der Waals surface area contributed by atoms with Gasteiger partial charge in [0.2, 0.25) is 0 Å². The Morgan fingerprint density at radius 2 is 1.39 bits per heavy atom. The van der Waals surface area contributed by atoms with Gasteiger partial charge in [-0.15, -0.1) is 26.3 Å². The molecule has 41 heavy (non-hydrogen) atoms. The lowest BCUT2D eigenvalue weighted by Crippen LogP contribution is -2.18. The molecule has 4 rings (SSSR count). The van der Waals surface area contributed by atoms with E-state index in [1.807, 2.05) is 0 Å².